The van der Waals surface area contributed by atoms with Crippen molar-refractivity contribution in [3.05, 3.63) is 24.2 Å². The van der Waals surface area contributed by atoms with Crippen LogP contribution >= 0.6 is 0 Å². The van der Waals surface area contributed by atoms with Crippen LogP contribution in [-0.2, 0) is 0 Å². The van der Waals surface area contributed by atoms with Gasteiger partial charge in [0.2, 0.25) is 0 Å². The summed E-state index contributed by atoms with van der Waals surface area (Å²) in [7, 11) is 0. The average Bonchev–Trinajstić information content (AvgIpc) is 2.95. The predicted molar refractivity (Wildman–Crippen MR) is 82.4 cm³/mol. The molecule has 0 spiro atoms. The highest BCUT2D eigenvalue weighted by Gasteiger charge is 2.11. The molecule has 1 aromatic heterocycles. The lowest BCUT2D eigenvalue weighted by molar-refractivity contribution is 0.459. The summed E-state index contributed by atoms with van der Waals surface area (Å²) in [5, 5.41) is 3.62. The van der Waals surface area contributed by atoms with Crippen molar-refractivity contribution in [2.75, 3.05) is 6.54 Å². The first-order chi connectivity index (χ1) is 9.38. The third-order valence-electron chi connectivity index (χ3n) is 3.68. The summed E-state index contributed by atoms with van der Waals surface area (Å²) in [6.07, 6.45) is 15.7. The van der Waals surface area contributed by atoms with E-state index in [1.54, 1.807) is 6.26 Å². The minimum Gasteiger partial charge on any atom is -0.472 e. The van der Waals surface area contributed by atoms with Gasteiger partial charge in [0.25, 0.3) is 0 Å². The fourth-order valence-corrected chi connectivity index (χ4v) is 2.48. The van der Waals surface area contributed by atoms with Crippen LogP contribution in [0.5, 0.6) is 0 Å². The van der Waals surface area contributed by atoms with Gasteiger partial charge in [0.05, 0.1) is 12.5 Å². The number of rotatable bonds is 12. The van der Waals surface area contributed by atoms with Gasteiger partial charge in [-0.2, -0.15) is 0 Å². The predicted octanol–water partition coefficient (Wildman–Crippen LogP) is 5.46. The largest absolute Gasteiger partial charge is 0.472 e. The van der Waals surface area contributed by atoms with Crippen LogP contribution in [-0.4, -0.2) is 6.54 Å². The first kappa shape index (κ1) is 16.3. The third-order valence-corrected chi connectivity index (χ3v) is 3.68. The number of furan rings is 1. The Hall–Kier alpha value is -0.760. The first-order valence-corrected chi connectivity index (χ1v) is 8.14. The van der Waals surface area contributed by atoms with Crippen LogP contribution in [0.15, 0.2) is 23.0 Å². The third kappa shape index (κ3) is 7.41. The molecule has 0 aliphatic carbocycles. The van der Waals surface area contributed by atoms with Crippen molar-refractivity contribution >= 4 is 0 Å². The van der Waals surface area contributed by atoms with Crippen LogP contribution in [0.2, 0.25) is 0 Å². The molecule has 1 N–H and O–H groups in total. The van der Waals surface area contributed by atoms with E-state index in [1.165, 1.54) is 63.4 Å². The van der Waals surface area contributed by atoms with E-state index in [9.17, 15) is 0 Å². The number of hydrogen-bond donors (Lipinski definition) is 1. The maximum Gasteiger partial charge on any atom is 0.0950 e. The zero-order valence-corrected chi connectivity index (χ0v) is 12.8. The molecule has 2 nitrogen and oxygen atoms in total. The Morgan fingerprint density at radius 1 is 1.00 bits per heavy atom. The van der Waals surface area contributed by atoms with Gasteiger partial charge in [0.1, 0.15) is 0 Å². The Balaban J connectivity index is 2.15. The van der Waals surface area contributed by atoms with Gasteiger partial charge in [-0.1, -0.05) is 58.8 Å². The molecule has 0 fully saturated rings. The Kier molecular flexibility index (Phi) is 9.52. The average molecular weight is 265 g/mol. The Labute approximate surface area is 119 Å². The van der Waals surface area contributed by atoms with E-state index in [2.05, 4.69) is 25.2 Å². The fraction of sp³-hybridized carbons (Fsp3) is 0.765. The summed E-state index contributed by atoms with van der Waals surface area (Å²) in [5.74, 6) is 0. The standard InChI is InChI=1S/C17H31NO/c1-3-5-6-7-8-9-10-11-17(18-13-4-2)16-12-14-19-15-16/h12,14-15,17-18H,3-11,13H2,1-2H3. The molecule has 19 heavy (non-hydrogen) atoms. The number of nitrogens with one attached hydrogen (secondary N) is 1. The van der Waals surface area contributed by atoms with E-state index in [4.69, 9.17) is 4.42 Å². The van der Waals surface area contributed by atoms with Gasteiger partial charge in [0.15, 0.2) is 0 Å². The molecule has 0 bridgehead atoms. The van der Waals surface area contributed by atoms with Crippen molar-refractivity contribution in [3.63, 3.8) is 0 Å². The van der Waals surface area contributed by atoms with Gasteiger partial charge in [0, 0.05) is 11.6 Å². The molecule has 1 atom stereocenters. The van der Waals surface area contributed by atoms with Crippen molar-refractivity contribution < 1.29 is 4.42 Å². The molecule has 0 aliphatic heterocycles. The van der Waals surface area contributed by atoms with Crippen molar-refractivity contribution in [1.29, 1.82) is 0 Å². The highest BCUT2D eigenvalue weighted by Crippen LogP contribution is 2.21. The van der Waals surface area contributed by atoms with Gasteiger partial charge < -0.3 is 9.73 Å². The van der Waals surface area contributed by atoms with Gasteiger partial charge in [-0.25, -0.2) is 0 Å². The monoisotopic (exact) mass is 265 g/mol. The van der Waals surface area contributed by atoms with Crippen LogP contribution in [0.3, 0.4) is 0 Å². The molecule has 2 heteroatoms. The molecular weight excluding hydrogens is 234 g/mol. The minimum absolute atomic E-state index is 0.481. The molecule has 0 saturated heterocycles. The molecule has 0 saturated carbocycles. The van der Waals surface area contributed by atoms with Gasteiger partial charge in [-0.15, -0.1) is 0 Å². The van der Waals surface area contributed by atoms with Crippen molar-refractivity contribution in [1.82, 2.24) is 5.32 Å². The zero-order valence-electron chi connectivity index (χ0n) is 12.8. The Bertz CT molecular complexity index is 281. The summed E-state index contributed by atoms with van der Waals surface area (Å²) >= 11 is 0. The molecule has 110 valence electrons. The summed E-state index contributed by atoms with van der Waals surface area (Å²) in [4.78, 5) is 0. The van der Waals surface area contributed by atoms with Crippen LogP contribution in [0, 0.1) is 0 Å². The summed E-state index contributed by atoms with van der Waals surface area (Å²) in [6.45, 7) is 5.58. The smallest absolute Gasteiger partial charge is 0.0950 e. The second-order valence-corrected chi connectivity index (χ2v) is 5.47. The molecule has 0 amide bonds. The normalized spacial score (nSPS) is 12.7. The second-order valence-electron chi connectivity index (χ2n) is 5.47. The second kappa shape index (κ2) is 11.1. The molecule has 1 heterocycles. The fourth-order valence-electron chi connectivity index (χ4n) is 2.48. The molecule has 1 unspecified atom stereocenters. The lowest BCUT2D eigenvalue weighted by Gasteiger charge is -2.16. The van der Waals surface area contributed by atoms with Crippen molar-refractivity contribution in [3.8, 4) is 0 Å². The van der Waals surface area contributed by atoms with Gasteiger partial charge in [-0.05, 0) is 25.5 Å². The zero-order chi connectivity index (χ0) is 13.8. The number of hydrogen-bond acceptors (Lipinski definition) is 2. The van der Waals surface area contributed by atoms with E-state index in [-0.39, 0.29) is 0 Å². The highest BCUT2D eigenvalue weighted by molar-refractivity contribution is 5.11. The molecule has 0 radical (unpaired) electrons. The van der Waals surface area contributed by atoms with E-state index < -0.39 is 0 Å². The highest BCUT2D eigenvalue weighted by atomic mass is 16.3. The topological polar surface area (TPSA) is 25.2 Å². The van der Waals surface area contributed by atoms with Crippen LogP contribution < -0.4 is 5.32 Å². The van der Waals surface area contributed by atoms with Crippen molar-refractivity contribution in [2.24, 2.45) is 0 Å². The lowest BCUT2D eigenvalue weighted by Crippen LogP contribution is -2.21. The summed E-state index contributed by atoms with van der Waals surface area (Å²) in [5.41, 5.74) is 1.31. The summed E-state index contributed by atoms with van der Waals surface area (Å²) < 4.78 is 5.21. The van der Waals surface area contributed by atoms with E-state index >= 15 is 0 Å². The van der Waals surface area contributed by atoms with E-state index in [1.807, 2.05) is 6.26 Å². The van der Waals surface area contributed by atoms with Crippen LogP contribution in [0.25, 0.3) is 0 Å². The first-order valence-electron chi connectivity index (χ1n) is 8.14. The Morgan fingerprint density at radius 3 is 2.37 bits per heavy atom. The van der Waals surface area contributed by atoms with Crippen LogP contribution in [0.1, 0.15) is 83.2 Å². The lowest BCUT2D eigenvalue weighted by atomic mass is 10.0. The quantitative estimate of drug-likeness (QED) is 0.508. The van der Waals surface area contributed by atoms with Gasteiger partial charge in [-0.3, -0.25) is 0 Å². The van der Waals surface area contributed by atoms with Gasteiger partial charge >= 0.3 is 0 Å². The molecule has 1 rings (SSSR count). The number of unbranched alkanes of at least 4 members (excludes halogenated alkanes) is 6. The van der Waals surface area contributed by atoms with Crippen LogP contribution in [0.4, 0.5) is 0 Å². The van der Waals surface area contributed by atoms with E-state index in [0.29, 0.717) is 6.04 Å². The maximum atomic E-state index is 5.21. The SMILES string of the molecule is CCCCCCCCCC(NCCC)c1ccoc1. The summed E-state index contributed by atoms with van der Waals surface area (Å²) in [6, 6.07) is 2.57. The van der Waals surface area contributed by atoms with Crippen molar-refractivity contribution in [2.45, 2.75) is 77.7 Å². The minimum atomic E-state index is 0.481. The Morgan fingerprint density at radius 2 is 1.74 bits per heavy atom. The van der Waals surface area contributed by atoms with E-state index in [0.717, 1.165) is 6.54 Å². The molecule has 1 aromatic rings. The molecule has 0 aliphatic rings. The molecule has 0 aromatic carbocycles. The molecular formula is C17H31NO. The maximum absolute atomic E-state index is 5.21.